The van der Waals surface area contributed by atoms with Gasteiger partial charge in [-0.3, -0.25) is 0 Å². The Morgan fingerprint density at radius 2 is 2.27 bits per heavy atom. The summed E-state index contributed by atoms with van der Waals surface area (Å²) in [6.45, 7) is 3.29. The number of nitrogens with zero attached hydrogens (tertiary/aromatic N) is 3. The maximum absolute atomic E-state index is 12.6. The van der Waals surface area contributed by atoms with E-state index >= 15 is 0 Å². The van der Waals surface area contributed by atoms with Crippen LogP contribution in [0.3, 0.4) is 0 Å². The highest BCUT2D eigenvalue weighted by Gasteiger charge is 2.22. The minimum Gasteiger partial charge on any atom is -0.394 e. The van der Waals surface area contributed by atoms with Gasteiger partial charge in [0.15, 0.2) is 0 Å². The molecule has 12 heteroatoms. The van der Waals surface area contributed by atoms with Crippen LogP contribution in [0.2, 0.25) is 0 Å². The molecular formula is C18H27BrN6O3S2. The van der Waals surface area contributed by atoms with E-state index in [0.717, 1.165) is 30.7 Å². The van der Waals surface area contributed by atoms with Gasteiger partial charge in [-0.2, -0.15) is 4.98 Å². The van der Waals surface area contributed by atoms with Crippen LogP contribution in [-0.2, 0) is 10.0 Å². The molecular weight excluding hydrogens is 492 g/mol. The fourth-order valence-corrected chi connectivity index (χ4v) is 5.74. The van der Waals surface area contributed by atoms with Crippen LogP contribution in [0, 0.1) is 0 Å². The first-order valence-electron chi connectivity index (χ1n) is 9.74. The van der Waals surface area contributed by atoms with Crippen molar-refractivity contribution in [3.05, 3.63) is 22.1 Å². The fraction of sp³-hybridized carbons (Fsp3) is 0.556. The van der Waals surface area contributed by atoms with Gasteiger partial charge in [0, 0.05) is 30.2 Å². The third kappa shape index (κ3) is 6.11. The van der Waals surface area contributed by atoms with Crippen molar-refractivity contribution in [2.75, 3.05) is 37.4 Å². The summed E-state index contributed by atoms with van der Waals surface area (Å²) in [6, 6.07) is 1.85. The second-order valence-electron chi connectivity index (χ2n) is 7.36. The fourth-order valence-electron chi connectivity index (χ4n) is 3.23. The van der Waals surface area contributed by atoms with E-state index in [1.165, 1.54) is 6.42 Å². The summed E-state index contributed by atoms with van der Waals surface area (Å²) in [7, 11) is -1.47. The van der Waals surface area contributed by atoms with Crippen molar-refractivity contribution in [3.63, 3.8) is 0 Å². The zero-order valence-corrected chi connectivity index (χ0v) is 20.1. The molecule has 2 aromatic heterocycles. The van der Waals surface area contributed by atoms with Crippen molar-refractivity contribution in [1.82, 2.24) is 19.6 Å². The standard InChI is InChI=1S/C18H27BrN6O3S2/c1-12(10-26)22-17-15(19)9-20-18(24-17)23-13-8-16(29-11-13)30(27,28)21-6-5-14-4-3-7-25(14)2/h8-9,11-12,14,21,26H,3-7,10H2,1-2H3,(H2,20,22,23,24)/t12-,14?/m1/s1. The van der Waals surface area contributed by atoms with Gasteiger partial charge in [0.2, 0.25) is 16.0 Å². The molecule has 0 amide bonds. The first-order chi connectivity index (χ1) is 14.3. The zero-order valence-electron chi connectivity index (χ0n) is 16.9. The molecule has 2 atom stereocenters. The average Bonchev–Trinajstić information content (AvgIpc) is 3.34. The van der Waals surface area contributed by atoms with E-state index in [1.807, 2.05) is 6.92 Å². The first kappa shape index (κ1) is 23.4. The molecule has 9 nitrogen and oxygen atoms in total. The molecule has 1 aliphatic heterocycles. The molecule has 0 aliphatic carbocycles. The highest BCUT2D eigenvalue weighted by atomic mass is 79.9. The third-order valence-electron chi connectivity index (χ3n) is 4.94. The lowest BCUT2D eigenvalue weighted by atomic mass is 10.1. The third-order valence-corrected chi connectivity index (χ3v) is 8.42. The number of hydrogen-bond acceptors (Lipinski definition) is 9. The molecule has 3 rings (SSSR count). The molecule has 1 fully saturated rings. The van der Waals surface area contributed by atoms with Gasteiger partial charge >= 0.3 is 0 Å². The van der Waals surface area contributed by atoms with Gasteiger partial charge < -0.3 is 20.6 Å². The first-order valence-corrected chi connectivity index (χ1v) is 12.9. The van der Waals surface area contributed by atoms with Crippen LogP contribution >= 0.6 is 27.3 Å². The van der Waals surface area contributed by atoms with Crippen LogP contribution in [0.1, 0.15) is 26.2 Å². The van der Waals surface area contributed by atoms with Crippen molar-refractivity contribution >= 4 is 54.7 Å². The monoisotopic (exact) mass is 518 g/mol. The van der Waals surface area contributed by atoms with Crippen LogP contribution in [-0.4, -0.2) is 67.2 Å². The number of aliphatic hydroxyl groups is 1. The Kier molecular flexibility index (Phi) is 8.04. The van der Waals surface area contributed by atoms with Crippen LogP contribution in [0.25, 0.3) is 0 Å². The average molecular weight is 519 g/mol. The smallest absolute Gasteiger partial charge is 0.250 e. The molecule has 0 radical (unpaired) electrons. The molecule has 30 heavy (non-hydrogen) atoms. The predicted molar refractivity (Wildman–Crippen MR) is 123 cm³/mol. The van der Waals surface area contributed by atoms with Gasteiger partial charge in [0.25, 0.3) is 0 Å². The van der Waals surface area contributed by atoms with Crippen molar-refractivity contribution in [1.29, 1.82) is 0 Å². The quantitative estimate of drug-likeness (QED) is 0.378. The van der Waals surface area contributed by atoms with Crippen LogP contribution < -0.4 is 15.4 Å². The Labute approximate surface area is 189 Å². The van der Waals surface area contributed by atoms with E-state index < -0.39 is 10.0 Å². The van der Waals surface area contributed by atoms with E-state index in [9.17, 15) is 13.5 Å². The van der Waals surface area contributed by atoms with Gasteiger partial charge in [0.1, 0.15) is 10.0 Å². The number of rotatable bonds is 10. The minimum atomic E-state index is -3.55. The Hall–Kier alpha value is -1.31. The lowest BCUT2D eigenvalue weighted by molar-refractivity contribution is 0.281. The lowest BCUT2D eigenvalue weighted by Gasteiger charge is -2.19. The number of anilines is 3. The molecule has 3 heterocycles. The number of aromatic nitrogens is 2. The van der Waals surface area contributed by atoms with Gasteiger partial charge in [0.05, 0.1) is 16.8 Å². The predicted octanol–water partition coefficient (Wildman–Crippen LogP) is 2.60. The van der Waals surface area contributed by atoms with Crippen molar-refractivity contribution < 1.29 is 13.5 Å². The van der Waals surface area contributed by atoms with E-state index in [2.05, 4.69) is 53.2 Å². The van der Waals surface area contributed by atoms with Crippen molar-refractivity contribution in [2.45, 2.75) is 42.5 Å². The summed E-state index contributed by atoms with van der Waals surface area (Å²) < 4.78 is 28.8. The summed E-state index contributed by atoms with van der Waals surface area (Å²) in [6.07, 6.45) is 4.68. The summed E-state index contributed by atoms with van der Waals surface area (Å²) >= 11 is 4.51. The van der Waals surface area contributed by atoms with Gasteiger partial charge in [-0.25, -0.2) is 18.1 Å². The zero-order chi connectivity index (χ0) is 21.7. The minimum absolute atomic E-state index is 0.0327. The summed E-state index contributed by atoms with van der Waals surface area (Å²) in [5.41, 5.74) is 0.597. The van der Waals surface area contributed by atoms with Gasteiger partial charge in [-0.05, 0) is 61.8 Å². The molecule has 1 unspecified atom stereocenters. The maximum Gasteiger partial charge on any atom is 0.250 e. The summed E-state index contributed by atoms with van der Waals surface area (Å²) in [4.78, 5) is 10.9. The Bertz CT molecular complexity index is 955. The summed E-state index contributed by atoms with van der Waals surface area (Å²) in [5.74, 6) is 0.862. The second-order valence-corrected chi connectivity index (χ2v) is 11.1. The highest BCUT2D eigenvalue weighted by Crippen LogP contribution is 2.27. The Morgan fingerprint density at radius 3 is 2.97 bits per heavy atom. The number of sulfonamides is 1. The molecule has 4 N–H and O–H groups in total. The number of aliphatic hydroxyl groups excluding tert-OH is 1. The van der Waals surface area contributed by atoms with Crippen molar-refractivity contribution in [2.24, 2.45) is 0 Å². The molecule has 1 aliphatic rings. The highest BCUT2D eigenvalue weighted by molar-refractivity contribution is 9.10. The van der Waals surface area contributed by atoms with Gasteiger partial charge in [-0.1, -0.05) is 0 Å². The lowest BCUT2D eigenvalue weighted by Crippen LogP contribution is -2.31. The van der Waals surface area contributed by atoms with E-state index in [1.54, 1.807) is 17.6 Å². The molecule has 166 valence electrons. The molecule has 2 aromatic rings. The largest absolute Gasteiger partial charge is 0.394 e. The van der Waals surface area contributed by atoms with E-state index in [0.29, 0.717) is 34.5 Å². The van der Waals surface area contributed by atoms with Crippen molar-refractivity contribution in [3.8, 4) is 0 Å². The van der Waals surface area contributed by atoms with E-state index in [-0.39, 0.29) is 16.9 Å². The molecule has 0 spiro atoms. The van der Waals surface area contributed by atoms with E-state index in [4.69, 9.17) is 0 Å². The van der Waals surface area contributed by atoms with Crippen LogP contribution in [0.15, 0.2) is 26.3 Å². The summed E-state index contributed by atoms with van der Waals surface area (Å²) in [5, 5.41) is 17.0. The Morgan fingerprint density at radius 1 is 1.47 bits per heavy atom. The SMILES string of the molecule is C[C@H](CO)Nc1nc(Nc2csc(S(=O)(=O)NCCC3CCCN3C)c2)ncc1Br. The number of nitrogens with one attached hydrogen (secondary N) is 3. The van der Waals surface area contributed by atoms with Gasteiger partial charge in [-0.15, -0.1) is 11.3 Å². The van der Waals surface area contributed by atoms with Crippen LogP contribution in [0.4, 0.5) is 17.5 Å². The molecule has 0 saturated carbocycles. The Balaban J connectivity index is 1.60. The number of thiophene rings is 1. The molecule has 0 aromatic carbocycles. The maximum atomic E-state index is 12.6. The number of likely N-dealkylation sites (tertiary alicyclic amines) is 1. The topological polar surface area (TPSA) is 119 Å². The number of hydrogen-bond donors (Lipinski definition) is 4. The molecule has 1 saturated heterocycles. The normalized spacial score (nSPS) is 18.5. The number of halogens is 1. The van der Waals surface area contributed by atoms with Crippen LogP contribution in [0.5, 0.6) is 0 Å². The second kappa shape index (κ2) is 10.3. The molecule has 0 bridgehead atoms.